The number of nitrogens with zero attached hydrogens (tertiary/aromatic N) is 1. The van der Waals surface area contributed by atoms with Crippen molar-refractivity contribution in [3.63, 3.8) is 0 Å². The molecule has 0 saturated heterocycles. The molecule has 0 spiro atoms. The zero-order valence-corrected chi connectivity index (χ0v) is 10.4. The van der Waals surface area contributed by atoms with E-state index in [1.807, 2.05) is 30.3 Å². The molecule has 2 nitrogen and oxygen atoms in total. The Morgan fingerprint density at radius 1 is 1.00 bits per heavy atom. The Morgan fingerprint density at radius 2 is 1.63 bits per heavy atom. The second kappa shape index (κ2) is 4.35. The van der Waals surface area contributed by atoms with E-state index in [4.69, 9.17) is 0 Å². The monoisotopic (exact) mass is 253 g/mol. The molecular formula is C16H12FNO. The third kappa shape index (κ3) is 1.93. The summed E-state index contributed by atoms with van der Waals surface area (Å²) < 4.78 is 12.9. The lowest BCUT2D eigenvalue weighted by molar-refractivity contribution is 0.0875. The summed E-state index contributed by atoms with van der Waals surface area (Å²) in [5.41, 5.74) is 3.33. The van der Waals surface area contributed by atoms with Gasteiger partial charge in [-0.3, -0.25) is 4.79 Å². The Labute approximate surface area is 110 Å². The average Bonchev–Trinajstić information content (AvgIpc) is 2.67. The molecule has 19 heavy (non-hydrogen) atoms. The maximum Gasteiger partial charge on any atom is 0.258 e. The van der Waals surface area contributed by atoms with Crippen LogP contribution in [-0.2, 0) is 0 Å². The highest BCUT2D eigenvalue weighted by molar-refractivity contribution is 6.11. The smallest absolute Gasteiger partial charge is 0.258 e. The topological polar surface area (TPSA) is 20.3 Å². The number of hydrogen-bond donors (Lipinski definition) is 0. The van der Waals surface area contributed by atoms with E-state index in [9.17, 15) is 9.18 Å². The molecule has 3 heteroatoms. The van der Waals surface area contributed by atoms with Gasteiger partial charge in [-0.15, -0.1) is 0 Å². The molecule has 1 aliphatic heterocycles. The first-order valence-electron chi connectivity index (χ1n) is 6.01. The van der Waals surface area contributed by atoms with E-state index in [1.54, 1.807) is 24.1 Å². The van der Waals surface area contributed by atoms with Gasteiger partial charge in [0.2, 0.25) is 0 Å². The molecule has 0 aromatic heterocycles. The number of hydrogen-bond acceptors (Lipinski definition) is 1. The molecule has 0 radical (unpaired) electrons. The maximum absolute atomic E-state index is 12.9. The zero-order valence-electron chi connectivity index (χ0n) is 10.4. The molecule has 0 saturated carbocycles. The van der Waals surface area contributed by atoms with E-state index in [2.05, 4.69) is 0 Å². The van der Waals surface area contributed by atoms with Crippen molar-refractivity contribution >= 4 is 17.7 Å². The van der Waals surface area contributed by atoms with Crippen LogP contribution < -0.4 is 0 Å². The van der Waals surface area contributed by atoms with Gasteiger partial charge < -0.3 is 4.90 Å². The third-order valence-corrected chi connectivity index (χ3v) is 3.27. The summed E-state index contributed by atoms with van der Waals surface area (Å²) in [4.78, 5) is 13.7. The van der Waals surface area contributed by atoms with Crippen molar-refractivity contribution in [1.82, 2.24) is 4.90 Å². The number of amides is 1. The molecule has 1 aliphatic rings. The Morgan fingerprint density at radius 3 is 2.32 bits per heavy atom. The van der Waals surface area contributed by atoms with Crippen LogP contribution in [0.15, 0.2) is 48.5 Å². The summed E-state index contributed by atoms with van der Waals surface area (Å²) in [6.45, 7) is 0. The number of fused-ring (bicyclic) bond motifs is 1. The quantitative estimate of drug-likeness (QED) is 0.762. The summed E-state index contributed by atoms with van der Waals surface area (Å²) in [5.74, 6) is -0.276. The molecule has 3 rings (SSSR count). The van der Waals surface area contributed by atoms with Gasteiger partial charge in [-0.25, -0.2) is 4.39 Å². The van der Waals surface area contributed by atoms with E-state index < -0.39 is 0 Å². The van der Waals surface area contributed by atoms with Gasteiger partial charge in [-0.1, -0.05) is 30.3 Å². The predicted molar refractivity (Wildman–Crippen MR) is 72.8 cm³/mol. The largest absolute Gasteiger partial charge is 0.311 e. The van der Waals surface area contributed by atoms with Crippen LogP contribution in [0.1, 0.15) is 21.5 Å². The fraction of sp³-hybridized carbons (Fsp3) is 0.0625. The lowest BCUT2D eigenvalue weighted by Crippen LogP contribution is -2.16. The lowest BCUT2D eigenvalue weighted by atomic mass is 10.1. The molecule has 0 aliphatic carbocycles. The third-order valence-electron chi connectivity index (χ3n) is 3.27. The molecule has 2 aromatic rings. The van der Waals surface area contributed by atoms with Gasteiger partial charge in [0.1, 0.15) is 5.82 Å². The van der Waals surface area contributed by atoms with Gasteiger partial charge in [0, 0.05) is 18.2 Å². The van der Waals surface area contributed by atoms with Crippen LogP contribution in [0.25, 0.3) is 11.8 Å². The highest BCUT2D eigenvalue weighted by Gasteiger charge is 2.28. The SMILES string of the molecule is CN1C(=O)c2ccccc2/C1=C\c1ccc(F)cc1. The Hall–Kier alpha value is -2.42. The molecule has 0 bridgehead atoms. The standard InChI is InChI=1S/C16H12FNO/c1-18-15(10-11-6-8-12(17)9-7-11)13-4-2-3-5-14(13)16(18)19/h2-10H,1H3/b15-10+. The van der Waals surface area contributed by atoms with Crippen LogP contribution in [0.3, 0.4) is 0 Å². The minimum absolute atomic E-state index is 0.0102. The molecule has 0 fully saturated rings. The summed E-state index contributed by atoms with van der Waals surface area (Å²) in [6.07, 6.45) is 1.89. The fourth-order valence-corrected chi connectivity index (χ4v) is 2.26. The van der Waals surface area contributed by atoms with E-state index in [0.717, 1.165) is 16.8 Å². The lowest BCUT2D eigenvalue weighted by Gasteiger charge is -2.11. The fourth-order valence-electron chi connectivity index (χ4n) is 2.26. The molecule has 0 unspecified atom stereocenters. The van der Waals surface area contributed by atoms with Crippen molar-refractivity contribution in [2.45, 2.75) is 0 Å². The second-order valence-corrected chi connectivity index (χ2v) is 4.49. The second-order valence-electron chi connectivity index (χ2n) is 4.49. The molecule has 0 N–H and O–H groups in total. The maximum atomic E-state index is 12.9. The van der Waals surface area contributed by atoms with Crippen molar-refractivity contribution in [3.8, 4) is 0 Å². The van der Waals surface area contributed by atoms with E-state index in [-0.39, 0.29) is 11.7 Å². The number of benzene rings is 2. The minimum Gasteiger partial charge on any atom is -0.311 e. The Kier molecular flexibility index (Phi) is 2.67. The number of rotatable bonds is 1. The minimum atomic E-state index is -0.265. The number of carbonyl (C=O) groups excluding carboxylic acids is 1. The normalized spacial score (nSPS) is 16.0. The summed E-state index contributed by atoms with van der Waals surface area (Å²) in [7, 11) is 1.75. The van der Waals surface area contributed by atoms with E-state index in [1.165, 1.54) is 12.1 Å². The summed E-state index contributed by atoms with van der Waals surface area (Å²) in [6, 6.07) is 13.7. The van der Waals surface area contributed by atoms with Crippen molar-refractivity contribution in [2.75, 3.05) is 7.05 Å². The van der Waals surface area contributed by atoms with E-state index >= 15 is 0 Å². The van der Waals surface area contributed by atoms with Crippen LogP contribution in [0, 0.1) is 5.82 Å². The number of halogens is 1. The van der Waals surface area contributed by atoms with Gasteiger partial charge in [-0.2, -0.15) is 0 Å². The van der Waals surface area contributed by atoms with Crippen LogP contribution in [0.2, 0.25) is 0 Å². The molecule has 1 heterocycles. The molecule has 1 amide bonds. The van der Waals surface area contributed by atoms with Gasteiger partial charge in [0.05, 0.1) is 5.70 Å². The van der Waals surface area contributed by atoms with Crippen LogP contribution in [0.4, 0.5) is 4.39 Å². The van der Waals surface area contributed by atoms with Crippen molar-refractivity contribution in [3.05, 3.63) is 71.0 Å². The van der Waals surface area contributed by atoms with Gasteiger partial charge in [-0.05, 0) is 29.8 Å². The summed E-state index contributed by atoms with van der Waals surface area (Å²) >= 11 is 0. The van der Waals surface area contributed by atoms with Crippen molar-refractivity contribution < 1.29 is 9.18 Å². The van der Waals surface area contributed by atoms with Gasteiger partial charge in [0.25, 0.3) is 5.91 Å². The molecule has 94 valence electrons. The van der Waals surface area contributed by atoms with Crippen LogP contribution >= 0.6 is 0 Å². The highest BCUT2D eigenvalue weighted by Crippen LogP contribution is 2.32. The highest BCUT2D eigenvalue weighted by atomic mass is 19.1. The summed E-state index contributed by atoms with van der Waals surface area (Å²) in [5, 5.41) is 0. The Bertz CT molecular complexity index is 673. The van der Waals surface area contributed by atoms with Gasteiger partial charge in [0.15, 0.2) is 0 Å². The average molecular weight is 253 g/mol. The molecule has 2 aromatic carbocycles. The number of carbonyl (C=O) groups is 1. The van der Waals surface area contributed by atoms with Crippen molar-refractivity contribution in [2.24, 2.45) is 0 Å². The predicted octanol–water partition coefficient (Wildman–Crippen LogP) is 3.41. The van der Waals surface area contributed by atoms with Crippen LogP contribution in [0.5, 0.6) is 0 Å². The first-order valence-corrected chi connectivity index (χ1v) is 6.01. The molecule has 0 atom stereocenters. The van der Waals surface area contributed by atoms with Crippen LogP contribution in [-0.4, -0.2) is 17.9 Å². The molecular weight excluding hydrogens is 241 g/mol. The van der Waals surface area contributed by atoms with Gasteiger partial charge >= 0.3 is 0 Å². The zero-order chi connectivity index (χ0) is 13.4. The Balaban J connectivity index is 2.10. The van der Waals surface area contributed by atoms with E-state index in [0.29, 0.717) is 5.56 Å². The first kappa shape index (κ1) is 11.7. The van der Waals surface area contributed by atoms with Crippen molar-refractivity contribution in [1.29, 1.82) is 0 Å². The first-order chi connectivity index (χ1) is 9.16.